The minimum absolute atomic E-state index is 0.217. The van der Waals surface area contributed by atoms with Crippen LogP contribution in [0.5, 0.6) is 0 Å². The normalized spacial score (nSPS) is 11.5. The van der Waals surface area contributed by atoms with Gasteiger partial charge in [0.2, 0.25) is 5.13 Å². The van der Waals surface area contributed by atoms with Crippen LogP contribution in [0.3, 0.4) is 0 Å². The number of nitrogens with one attached hydrogen (secondary N) is 2. The number of hydrogen-bond acceptors (Lipinski definition) is 8. The van der Waals surface area contributed by atoms with Crippen LogP contribution in [0.25, 0.3) is 15.9 Å². The van der Waals surface area contributed by atoms with Gasteiger partial charge in [0.05, 0.1) is 29.2 Å². The zero-order valence-corrected chi connectivity index (χ0v) is 17.4. The molecule has 0 spiro atoms. The van der Waals surface area contributed by atoms with Gasteiger partial charge in [-0.1, -0.05) is 29.5 Å². The van der Waals surface area contributed by atoms with Crippen LogP contribution in [-0.2, 0) is 6.54 Å². The first kappa shape index (κ1) is 19.0. The Hall–Kier alpha value is -3.98. The van der Waals surface area contributed by atoms with Crippen LogP contribution in [0.1, 0.15) is 16.9 Å². The molecule has 0 aliphatic rings. The molecule has 8 nitrogen and oxygen atoms in total. The Morgan fingerprint density at radius 2 is 2.06 bits per heavy atom. The van der Waals surface area contributed by atoms with E-state index in [1.807, 2.05) is 55.5 Å². The summed E-state index contributed by atoms with van der Waals surface area (Å²) >= 11 is 1.49. The second-order valence-corrected chi connectivity index (χ2v) is 7.88. The first-order valence-electron chi connectivity index (χ1n) is 9.62. The summed E-state index contributed by atoms with van der Waals surface area (Å²) in [5.74, 6) is 1.17. The van der Waals surface area contributed by atoms with E-state index in [0.29, 0.717) is 28.7 Å². The van der Waals surface area contributed by atoms with E-state index in [2.05, 4.69) is 25.8 Å². The largest absolute Gasteiger partial charge is 0.467 e. The van der Waals surface area contributed by atoms with E-state index in [4.69, 9.17) is 4.42 Å². The SMILES string of the molecule is Cc1cccn2c(=O)c(/C=N\Nc3nc4ccccc4s3)c(NCc3ccco3)nc12. The fourth-order valence-corrected chi connectivity index (χ4v) is 4.03. The van der Waals surface area contributed by atoms with Crippen LogP contribution >= 0.6 is 11.3 Å². The van der Waals surface area contributed by atoms with Gasteiger partial charge >= 0.3 is 0 Å². The highest BCUT2D eigenvalue weighted by Gasteiger charge is 2.13. The average molecular weight is 430 g/mol. The second kappa shape index (κ2) is 8.04. The number of rotatable bonds is 6. The van der Waals surface area contributed by atoms with Crippen LogP contribution in [0, 0.1) is 6.92 Å². The topological polar surface area (TPSA) is 96.8 Å². The Balaban J connectivity index is 1.50. The van der Waals surface area contributed by atoms with Crippen molar-refractivity contribution in [3.8, 4) is 0 Å². The van der Waals surface area contributed by atoms with Gasteiger partial charge in [-0.2, -0.15) is 5.10 Å². The number of furan rings is 1. The summed E-state index contributed by atoms with van der Waals surface area (Å²) in [7, 11) is 0. The van der Waals surface area contributed by atoms with E-state index in [-0.39, 0.29) is 5.56 Å². The molecule has 1 aromatic carbocycles. The standard InChI is InChI=1S/C22H18N6O2S/c1-14-6-4-10-28-20(14)26-19(23-12-15-7-5-11-30-15)16(21(28)29)13-24-27-22-25-17-8-2-3-9-18(17)31-22/h2-11,13,23H,12H2,1H3,(H,25,27)/b24-13-. The van der Waals surface area contributed by atoms with Crippen LogP contribution in [0.4, 0.5) is 10.9 Å². The third-order valence-electron chi connectivity index (χ3n) is 4.74. The van der Waals surface area contributed by atoms with Crippen molar-refractivity contribution in [2.45, 2.75) is 13.5 Å². The van der Waals surface area contributed by atoms with Gasteiger partial charge in [0.25, 0.3) is 5.56 Å². The lowest BCUT2D eigenvalue weighted by molar-refractivity contribution is 0.518. The van der Waals surface area contributed by atoms with E-state index < -0.39 is 0 Å². The number of hydrazone groups is 1. The molecule has 0 bridgehead atoms. The number of fused-ring (bicyclic) bond motifs is 2. The molecule has 0 aliphatic carbocycles. The first-order valence-corrected chi connectivity index (χ1v) is 10.4. The smallest absolute Gasteiger partial charge is 0.268 e. The van der Waals surface area contributed by atoms with Crippen molar-refractivity contribution >= 4 is 44.4 Å². The van der Waals surface area contributed by atoms with Crippen LogP contribution in [0.15, 0.2) is 75.3 Å². The second-order valence-electron chi connectivity index (χ2n) is 6.85. The predicted molar refractivity (Wildman–Crippen MR) is 123 cm³/mol. The van der Waals surface area contributed by atoms with E-state index in [0.717, 1.165) is 21.5 Å². The molecule has 0 saturated heterocycles. The van der Waals surface area contributed by atoms with Crippen molar-refractivity contribution in [3.63, 3.8) is 0 Å². The third-order valence-corrected chi connectivity index (χ3v) is 5.68. The summed E-state index contributed by atoms with van der Waals surface area (Å²) in [4.78, 5) is 22.3. The molecule has 4 heterocycles. The van der Waals surface area contributed by atoms with E-state index in [1.54, 1.807) is 12.5 Å². The Morgan fingerprint density at radius 1 is 1.16 bits per heavy atom. The lowest BCUT2D eigenvalue weighted by Crippen LogP contribution is -2.23. The number of thiazole rings is 1. The molecule has 0 saturated carbocycles. The summed E-state index contributed by atoms with van der Waals surface area (Å²) in [5, 5.41) is 8.10. The fourth-order valence-electron chi connectivity index (χ4n) is 3.22. The van der Waals surface area contributed by atoms with Crippen molar-refractivity contribution in [3.05, 3.63) is 88.2 Å². The molecule has 0 aliphatic heterocycles. The summed E-state index contributed by atoms with van der Waals surface area (Å²) in [5.41, 5.74) is 5.43. The average Bonchev–Trinajstić information content (AvgIpc) is 3.44. The lowest BCUT2D eigenvalue weighted by atomic mass is 10.2. The maximum Gasteiger partial charge on any atom is 0.268 e. The Bertz CT molecular complexity index is 1420. The predicted octanol–water partition coefficient (Wildman–Crippen LogP) is 4.26. The number of anilines is 2. The quantitative estimate of drug-likeness (QED) is 0.309. The molecule has 0 unspecified atom stereocenters. The third kappa shape index (κ3) is 3.78. The first-order chi connectivity index (χ1) is 15.2. The van der Waals surface area contributed by atoms with Crippen LogP contribution < -0.4 is 16.3 Å². The molecule has 5 rings (SSSR count). The van der Waals surface area contributed by atoms with Crippen molar-refractivity contribution in [1.82, 2.24) is 14.4 Å². The highest BCUT2D eigenvalue weighted by atomic mass is 32.1. The Kier molecular flexibility index (Phi) is 4.93. The number of para-hydroxylation sites is 1. The maximum atomic E-state index is 13.2. The summed E-state index contributed by atoms with van der Waals surface area (Å²) in [6.45, 7) is 2.31. The van der Waals surface area contributed by atoms with Gasteiger partial charge in [-0.3, -0.25) is 14.6 Å². The number of benzene rings is 1. The van der Waals surface area contributed by atoms with E-state index in [1.165, 1.54) is 22.0 Å². The van der Waals surface area contributed by atoms with Gasteiger partial charge in [-0.05, 0) is 42.8 Å². The van der Waals surface area contributed by atoms with Gasteiger partial charge in [0, 0.05) is 6.20 Å². The molecule has 9 heteroatoms. The van der Waals surface area contributed by atoms with Crippen molar-refractivity contribution in [2.24, 2.45) is 5.10 Å². The summed E-state index contributed by atoms with van der Waals surface area (Å²) in [6, 6.07) is 15.3. The van der Waals surface area contributed by atoms with Gasteiger partial charge < -0.3 is 9.73 Å². The molecular formula is C22H18N6O2S. The molecule has 4 aromatic heterocycles. The van der Waals surface area contributed by atoms with Crippen molar-refractivity contribution < 1.29 is 4.42 Å². The van der Waals surface area contributed by atoms with Gasteiger partial charge in [-0.25, -0.2) is 9.97 Å². The summed E-state index contributed by atoms with van der Waals surface area (Å²) < 4.78 is 7.96. The molecule has 0 fully saturated rings. The van der Waals surface area contributed by atoms with Crippen molar-refractivity contribution in [1.29, 1.82) is 0 Å². The number of aromatic nitrogens is 3. The zero-order valence-electron chi connectivity index (χ0n) is 16.6. The van der Waals surface area contributed by atoms with Gasteiger partial charge in [0.15, 0.2) is 0 Å². The van der Waals surface area contributed by atoms with Gasteiger partial charge in [0.1, 0.15) is 22.8 Å². The Labute approximate surface area is 180 Å². The number of nitrogens with zero attached hydrogens (tertiary/aromatic N) is 4. The molecular weight excluding hydrogens is 412 g/mol. The highest BCUT2D eigenvalue weighted by molar-refractivity contribution is 7.22. The van der Waals surface area contributed by atoms with Crippen LogP contribution in [0.2, 0.25) is 0 Å². The molecule has 5 aromatic rings. The fraction of sp³-hybridized carbons (Fsp3) is 0.0909. The van der Waals surface area contributed by atoms with Crippen LogP contribution in [-0.4, -0.2) is 20.6 Å². The maximum absolute atomic E-state index is 13.2. The molecule has 2 N–H and O–H groups in total. The zero-order chi connectivity index (χ0) is 21.2. The van der Waals surface area contributed by atoms with E-state index in [9.17, 15) is 4.79 Å². The van der Waals surface area contributed by atoms with Crippen molar-refractivity contribution in [2.75, 3.05) is 10.7 Å². The van der Waals surface area contributed by atoms with E-state index >= 15 is 0 Å². The molecule has 154 valence electrons. The van der Waals surface area contributed by atoms with Gasteiger partial charge in [-0.15, -0.1) is 0 Å². The minimum atomic E-state index is -0.217. The highest BCUT2D eigenvalue weighted by Crippen LogP contribution is 2.25. The molecule has 0 atom stereocenters. The molecule has 0 radical (unpaired) electrons. The molecule has 0 amide bonds. The molecule has 31 heavy (non-hydrogen) atoms. The number of aryl methyl sites for hydroxylation is 1. The lowest BCUT2D eigenvalue weighted by Gasteiger charge is -2.11. The summed E-state index contributed by atoms with van der Waals surface area (Å²) in [6.07, 6.45) is 4.78. The number of pyridine rings is 1. The monoisotopic (exact) mass is 430 g/mol. The number of hydrogen-bond donors (Lipinski definition) is 2. The minimum Gasteiger partial charge on any atom is -0.467 e. The Morgan fingerprint density at radius 3 is 2.90 bits per heavy atom.